The molecular formula is C39H58N2P+. The zero-order valence-electron chi connectivity index (χ0n) is 27.7. The summed E-state index contributed by atoms with van der Waals surface area (Å²) in [6.45, 7) is 16.5. The lowest BCUT2D eigenvalue weighted by molar-refractivity contribution is 0.370. The van der Waals surface area contributed by atoms with Gasteiger partial charge in [0.05, 0.1) is 30.8 Å². The van der Waals surface area contributed by atoms with Crippen LogP contribution in [0.5, 0.6) is 0 Å². The predicted octanol–water partition coefficient (Wildman–Crippen LogP) is 9.80. The Balaban J connectivity index is 1.66. The van der Waals surface area contributed by atoms with E-state index >= 15 is 0 Å². The van der Waals surface area contributed by atoms with Crippen molar-refractivity contribution >= 4 is 18.4 Å². The lowest BCUT2D eigenvalue weighted by Gasteiger charge is -2.53. The molecule has 0 bridgehead atoms. The molecule has 4 aliphatic rings. The van der Waals surface area contributed by atoms with E-state index in [-0.39, 0.29) is 0 Å². The average Bonchev–Trinajstić information content (AvgIpc) is 3.51. The first-order valence-corrected chi connectivity index (χ1v) is 19.6. The van der Waals surface area contributed by atoms with Crippen molar-refractivity contribution in [1.82, 2.24) is 5.32 Å². The van der Waals surface area contributed by atoms with Gasteiger partial charge in [-0.15, -0.1) is 0 Å². The Hall–Kier alpha value is -1.66. The van der Waals surface area contributed by atoms with Crippen LogP contribution in [-0.2, 0) is 0 Å². The number of aliphatic imine (C=N–C) groups is 1. The highest BCUT2D eigenvalue weighted by molar-refractivity contribution is 7.85. The summed E-state index contributed by atoms with van der Waals surface area (Å²) in [5.41, 5.74) is 13.4. The molecule has 1 heterocycles. The van der Waals surface area contributed by atoms with Crippen molar-refractivity contribution in [2.24, 2.45) is 10.9 Å². The molecule has 0 aromatic heterocycles. The first-order chi connectivity index (χ1) is 20.3. The summed E-state index contributed by atoms with van der Waals surface area (Å²) in [5.74, 6) is 2.46. The van der Waals surface area contributed by atoms with Crippen molar-refractivity contribution in [2.45, 2.75) is 148 Å². The maximum Gasteiger partial charge on any atom is 0.101 e. The van der Waals surface area contributed by atoms with Crippen molar-refractivity contribution in [2.75, 3.05) is 13.1 Å². The van der Waals surface area contributed by atoms with Crippen LogP contribution < -0.4 is 10.6 Å². The molecule has 3 fully saturated rings. The van der Waals surface area contributed by atoms with Gasteiger partial charge in [0.15, 0.2) is 0 Å². The lowest BCUT2D eigenvalue weighted by Crippen LogP contribution is -2.49. The van der Waals surface area contributed by atoms with E-state index in [2.05, 4.69) is 71.1 Å². The van der Waals surface area contributed by atoms with Crippen LogP contribution in [0.3, 0.4) is 0 Å². The van der Waals surface area contributed by atoms with Gasteiger partial charge in [0.25, 0.3) is 0 Å². The van der Waals surface area contributed by atoms with Gasteiger partial charge in [-0.2, -0.15) is 0 Å². The van der Waals surface area contributed by atoms with Gasteiger partial charge in [0.2, 0.25) is 0 Å². The van der Waals surface area contributed by atoms with Crippen molar-refractivity contribution in [1.29, 1.82) is 0 Å². The maximum atomic E-state index is 5.19. The molecule has 3 saturated carbocycles. The maximum absolute atomic E-state index is 5.19. The third kappa shape index (κ3) is 5.42. The van der Waals surface area contributed by atoms with Crippen LogP contribution in [-0.4, -0.2) is 35.9 Å². The minimum Gasteiger partial charge on any atom is -0.372 e. The van der Waals surface area contributed by atoms with Crippen LogP contribution in [0.2, 0.25) is 0 Å². The molecule has 42 heavy (non-hydrogen) atoms. The quantitative estimate of drug-likeness (QED) is 0.335. The minimum absolute atomic E-state index is 0.531. The molecule has 2 nitrogen and oxygen atoms in total. The fraction of sp³-hybridized carbons (Fsp3) is 0.667. The molecule has 228 valence electrons. The summed E-state index contributed by atoms with van der Waals surface area (Å²) in [7, 11) is -1.60. The van der Waals surface area contributed by atoms with Crippen molar-refractivity contribution in [3.05, 3.63) is 63.2 Å². The first-order valence-electron chi connectivity index (χ1n) is 17.6. The number of rotatable bonds is 6. The Morgan fingerprint density at radius 3 is 1.64 bits per heavy atom. The molecule has 3 atom stereocenters. The molecule has 0 saturated heterocycles. The number of hydrogen-bond acceptors (Lipinski definition) is 2. The van der Waals surface area contributed by atoms with E-state index in [9.17, 15) is 0 Å². The third-order valence-corrected chi connectivity index (χ3v) is 18.5. The highest BCUT2D eigenvalue weighted by atomic mass is 31.2. The van der Waals surface area contributed by atoms with Crippen molar-refractivity contribution in [3.63, 3.8) is 0 Å². The van der Waals surface area contributed by atoms with E-state index in [0.717, 1.165) is 30.1 Å². The third-order valence-electron chi connectivity index (χ3n) is 11.9. The van der Waals surface area contributed by atoms with E-state index < -0.39 is 7.26 Å². The van der Waals surface area contributed by atoms with Gasteiger partial charge in [0, 0.05) is 18.4 Å². The van der Waals surface area contributed by atoms with Crippen LogP contribution in [0.1, 0.15) is 128 Å². The lowest BCUT2D eigenvalue weighted by atomic mass is 9.71. The van der Waals surface area contributed by atoms with E-state index in [1.807, 2.05) is 5.30 Å². The van der Waals surface area contributed by atoms with Crippen molar-refractivity contribution < 1.29 is 0 Å². The van der Waals surface area contributed by atoms with E-state index in [4.69, 9.17) is 4.99 Å². The Kier molecular flexibility index (Phi) is 9.22. The first kappa shape index (κ1) is 30.4. The molecule has 2 aromatic rings. The van der Waals surface area contributed by atoms with Gasteiger partial charge in [-0.05, 0) is 140 Å². The second kappa shape index (κ2) is 12.8. The summed E-state index contributed by atoms with van der Waals surface area (Å²) in [5, 5.41) is 5.73. The standard InChI is InChI=1S/C39H58N2P/c1-26-22-28(3)36(29(4)23-26)37-34(39-40-20-21-41-39)18-13-19-35(37)42(32-14-9-7-10-15-32,33-16-11-8-12-17-33)38-30(5)24-27(2)25-31(38)6/h22-25,32-35,37H,7-21H2,1-6H3,(H,40,41)/q+1. The Labute approximate surface area is 258 Å². The van der Waals surface area contributed by atoms with Crippen LogP contribution >= 0.6 is 7.26 Å². The Bertz CT molecular complexity index is 1230. The summed E-state index contributed by atoms with van der Waals surface area (Å²) < 4.78 is 0. The molecule has 3 unspecified atom stereocenters. The van der Waals surface area contributed by atoms with Gasteiger partial charge in [-0.1, -0.05) is 48.2 Å². The number of nitrogens with zero attached hydrogens (tertiary/aromatic N) is 1. The SMILES string of the molecule is Cc1cc(C)c(C2C(C3=NCCN3)CCCC2[P+](c2c(C)cc(C)cc2C)(C2CCCCC2)C2CCCCC2)c(C)c1. The van der Waals surface area contributed by atoms with Gasteiger partial charge >= 0.3 is 0 Å². The van der Waals surface area contributed by atoms with Gasteiger partial charge in [-0.3, -0.25) is 4.99 Å². The monoisotopic (exact) mass is 585 g/mol. The average molecular weight is 586 g/mol. The Morgan fingerprint density at radius 2 is 1.14 bits per heavy atom. The minimum atomic E-state index is -1.60. The van der Waals surface area contributed by atoms with E-state index in [1.165, 1.54) is 112 Å². The zero-order chi connectivity index (χ0) is 29.4. The van der Waals surface area contributed by atoms with E-state index in [0.29, 0.717) is 11.8 Å². The highest BCUT2D eigenvalue weighted by Crippen LogP contribution is 2.79. The number of hydrogen-bond donors (Lipinski definition) is 1. The van der Waals surface area contributed by atoms with Crippen LogP contribution in [0, 0.1) is 47.5 Å². The number of amidine groups is 1. The molecule has 1 N–H and O–H groups in total. The molecule has 2 aromatic carbocycles. The normalized spacial score (nSPS) is 26.2. The molecule has 3 aliphatic carbocycles. The van der Waals surface area contributed by atoms with Gasteiger partial charge < -0.3 is 5.32 Å². The highest BCUT2D eigenvalue weighted by Gasteiger charge is 2.63. The largest absolute Gasteiger partial charge is 0.372 e. The summed E-state index contributed by atoms with van der Waals surface area (Å²) >= 11 is 0. The predicted molar refractivity (Wildman–Crippen MR) is 186 cm³/mol. The zero-order valence-corrected chi connectivity index (χ0v) is 28.6. The molecule has 0 spiro atoms. The van der Waals surface area contributed by atoms with Crippen LogP contribution in [0.15, 0.2) is 29.3 Å². The smallest absolute Gasteiger partial charge is 0.101 e. The van der Waals surface area contributed by atoms with E-state index in [1.54, 1.807) is 16.7 Å². The Morgan fingerprint density at radius 1 is 0.619 bits per heavy atom. The number of aryl methyl sites for hydroxylation is 6. The molecule has 6 rings (SSSR count). The molecule has 3 heteroatoms. The van der Waals surface area contributed by atoms with Crippen molar-refractivity contribution in [3.8, 4) is 0 Å². The fourth-order valence-electron chi connectivity index (χ4n) is 10.9. The summed E-state index contributed by atoms with van der Waals surface area (Å²) in [4.78, 5) is 5.19. The van der Waals surface area contributed by atoms with Gasteiger partial charge in [-0.25, -0.2) is 0 Å². The number of benzene rings is 2. The van der Waals surface area contributed by atoms with Gasteiger partial charge in [0.1, 0.15) is 11.1 Å². The fourth-order valence-corrected chi connectivity index (χ4v) is 18.9. The second-order valence-electron chi connectivity index (χ2n) is 14.8. The summed E-state index contributed by atoms with van der Waals surface area (Å²) in [6.07, 6.45) is 18.6. The molecule has 0 amide bonds. The topological polar surface area (TPSA) is 24.4 Å². The second-order valence-corrected chi connectivity index (χ2v) is 19.0. The molecule has 1 aliphatic heterocycles. The molecule has 0 radical (unpaired) electrons. The number of nitrogens with one attached hydrogen (secondary N) is 1. The molecular weight excluding hydrogens is 527 g/mol. The van der Waals surface area contributed by atoms with Crippen LogP contribution in [0.4, 0.5) is 0 Å². The van der Waals surface area contributed by atoms with Crippen LogP contribution in [0.25, 0.3) is 0 Å². The summed E-state index contributed by atoms with van der Waals surface area (Å²) in [6, 6.07) is 10.1.